The van der Waals surface area contributed by atoms with Crippen LogP contribution in [0.3, 0.4) is 0 Å². The van der Waals surface area contributed by atoms with Crippen molar-refractivity contribution in [2.45, 2.75) is 38.9 Å². The van der Waals surface area contributed by atoms with Crippen molar-refractivity contribution in [3.8, 4) is 0 Å². The van der Waals surface area contributed by atoms with Crippen molar-refractivity contribution in [2.75, 3.05) is 0 Å². The molecule has 1 aliphatic heterocycles. The highest BCUT2D eigenvalue weighted by molar-refractivity contribution is 9.11. The quantitative estimate of drug-likeness (QED) is 0.594. The van der Waals surface area contributed by atoms with Crippen LogP contribution < -0.4 is 0 Å². The van der Waals surface area contributed by atoms with Crippen LogP contribution in [0, 0.1) is 10.1 Å². The van der Waals surface area contributed by atoms with Crippen LogP contribution in [0.5, 0.6) is 0 Å². The van der Waals surface area contributed by atoms with E-state index >= 15 is 0 Å². The van der Waals surface area contributed by atoms with E-state index in [9.17, 15) is 10.1 Å². The minimum atomic E-state index is -0.392. The maximum Gasteiger partial charge on any atom is 0.269 e. The first kappa shape index (κ1) is 14.2. The van der Waals surface area contributed by atoms with E-state index in [2.05, 4.69) is 22.9 Å². The van der Waals surface area contributed by atoms with Gasteiger partial charge in [-0.3, -0.25) is 10.1 Å². The number of rotatable bonds is 2. The fourth-order valence-electron chi connectivity index (χ4n) is 2.33. The van der Waals surface area contributed by atoms with Crippen LogP contribution in [0.25, 0.3) is 0 Å². The minimum absolute atomic E-state index is 0.0582. The average Bonchev–Trinajstić information content (AvgIpc) is 2.35. The zero-order chi connectivity index (χ0) is 14.2. The molecule has 1 aliphatic rings. The molecule has 0 saturated carbocycles. The van der Waals surface area contributed by atoms with Crippen molar-refractivity contribution < 1.29 is 9.66 Å². The second-order valence-corrected chi connectivity index (χ2v) is 6.06. The SMILES string of the molecule is CC1=C(Br)C(C)(C)OC(c2ccc([N+](=O)[O-])cc2)C1. The van der Waals surface area contributed by atoms with Gasteiger partial charge in [0.25, 0.3) is 5.69 Å². The van der Waals surface area contributed by atoms with Crippen LogP contribution in [0.4, 0.5) is 5.69 Å². The first-order valence-electron chi connectivity index (χ1n) is 6.09. The summed E-state index contributed by atoms with van der Waals surface area (Å²) in [5.74, 6) is 0. The molecule has 0 N–H and O–H groups in total. The normalized spacial score (nSPS) is 22.4. The summed E-state index contributed by atoms with van der Waals surface area (Å²) in [7, 11) is 0. The zero-order valence-corrected chi connectivity index (χ0v) is 12.7. The molecule has 0 saturated heterocycles. The lowest BCUT2D eigenvalue weighted by Crippen LogP contribution is -2.32. The van der Waals surface area contributed by atoms with Gasteiger partial charge in [0, 0.05) is 16.6 Å². The third-order valence-electron chi connectivity index (χ3n) is 3.31. The van der Waals surface area contributed by atoms with Gasteiger partial charge in [-0.2, -0.15) is 0 Å². The van der Waals surface area contributed by atoms with Crippen LogP contribution >= 0.6 is 15.9 Å². The van der Waals surface area contributed by atoms with E-state index in [-0.39, 0.29) is 17.4 Å². The summed E-state index contributed by atoms with van der Waals surface area (Å²) in [5, 5.41) is 10.6. The van der Waals surface area contributed by atoms with Gasteiger partial charge < -0.3 is 4.74 Å². The van der Waals surface area contributed by atoms with Gasteiger partial charge in [0.15, 0.2) is 0 Å². The number of nitrogens with zero attached hydrogens (tertiary/aromatic N) is 1. The van der Waals surface area contributed by atoms with Gasteiger partial charge in [0.2, 0.25) is 0 Å². The first-order valence-corrected chi connectivity index (χ1v) is 6.88. The van der Waals surface area contributed by atoms with Crippen molar-refractivity contribution in [1.82, 2.24) is 0 Å². The third kappa shape index (κ3) is 2.87. The lowest BCUT2D eigenvalue weighted by Gasteiger charge is -2.37. The molecule has 0 aromatic heterocycles. The van der Waals surface area contributed by atoms with Crippen LogP contribution in [0.2, 0.25) is 0 Å². The van der Waals surface area contributed by atoms with E-state index in [0.29, 0.717) is 0 Å². The number of benzene rings is 1. The summed E-state index contributed by atoms with van der Waals surface area (Å²) in [6, 6.07) is 6.58. The summed E-state index contributed by atoms with van der Waals surface area (Å²) in [4.78, 5) is 10.3. The standard InChI is InChI=1S/C14H16BrNO3/c1-9-8-12(19-14(2,3)13(9)15)10-4-6-11(7-5-10)16(17)18/h4-7,12H,8H2,1-3H3. The highest BCUT2D eigenvalue weighted by Gasteiger charge is 2.33. The Kier molecular flexibility index (Phi) is 3.78. The van der Waals surface area contributed by atoms with Crippen LogP contribution in [0.1, 0.15) is 38.9 Å². The highest BCUT2D eigenvalue weighted by Crippen LogP contribution is 2.43. The lowest BCUT2D eigenvalue weighted by molar-refractivity contribution is -0.384. The molecular formula is C14H16BrNO3. The van der Waals surface area contributed by atoms with Gasteiger partial charge in [0.1, 0.15) is 0 Å². The van der Waals surface area contributed by atoms with E-state index in [4.69, 9.17) is 4.74 Å². The molecule has 0 aliphatic carbocycles. The topological polar surface area (TPSA) is 52.4 Å². The first-order chi connectivity index (χ1) is 8.81. The molecule has 102 valence electrons. The second-order valence-electron chi connectivity index (χ2n) is 5.26. The van der Waals surface area contributed by atoms with Crippen LogP contribution in [-0.2, 0) is 4.74 Å². The maximum absolute atomic E-state index is 10.6. The van der Waals surface area contributed by atoms with E-state index in [1.807, 2.05) is 13.8 Å². The van der Waals surface area contributed by atoms with E-state index < -0.39 is 4.92 Å². The molecule has 19 heavy (non-hydrogen) atoms. The molecular weight excluding hydrogens is 310 g/mol. The number of ether oxygens (including phenoxy) is 1. The molecule has 2 rings (SSSR count). The predicted molar refractivity (Wildman–Crippen MR) is 77.2 cm³/mol. The summed E-state index contributed by atoms with van der Waals surface area (Å²) in [5.41, 5.74) is 1.96. The van der Waals surface area contributed by atoms with Crippen molar-refractivity contribution in [1.29, 1.82) is 0 Å². The van der Waals surface area contributed by atoms with Crippen molar-refractivity contribution >= 4 is 21.6 Å². The Labute approximate surface area is 120 Å². The number of non-ortho nitro benzene ring substituents is 1. The Morgan fingerprint density at radius 2 is 1.95 bits per heavy atom. The zero-order valence-electron chi connectivity index (χ0n) is 11.1. The molecule has 0 bridgehead atoms. The van der Waals surface area contributed by atoms with Gasteiger partial charge in [-0.1, -0.05) is 21.5 Å². The van der Waals surface area contributed by atoms with Gasteiger partial charge in [-0.25, -0.2) is 0 Å². The molecule has 1 aromatic rings. The Morgan fingerprint density at radius 3 is 2.42 bits per heavy atom. The highest BCUT2D eigenvalue weighted by atomic mass is 79.9. The van der Waals surface area contributed by atoms with Crippen LogP contribution in [-0.4, -0.2) is 10.5 Å². The molecule has 5 heteroatoms. The minimum Gasteiger partial charge on any atom is -0.362 e. The molecule has 1 atom stereocenters. The predicted octanol–water partition coefficient (Wildman–Crippen LogP) is 4.50. The average molecular weight is 326 g/mol. The number of hydrogen-bond acceptors (Lipinski definition) is 3. The van der Waals surface area contributed by atoms with Crippen molar-refractivity contribution in [3.05, 3.63) is 50.0 Å². The maximum atomic E-state index is 10.6. The van der Waals surface area contributed by atoms with Gasteiger partial charge >= 0.3 is 0 Å². The Morgan fingerprint density at radius 1 is 1.37 bits per heavy atom. The monoisotopic (exact) mass is 325 g/mol. The van der Waals surface area contributed by atoms with Gasteiger partial charge in [-0.05, 0) is 44.9 Å². The van der Waals surface area contributed by atoms with Crippen molar-refractivity contribution in [2.24, 2.45) is 0 Å². The molecule has 1 unspecified atom stereocenters. The van der Waals surface area contributed by atoms with E-state index in [1.165, 1.54) is 17.7 Å². The number of nitro benzene ring substituents is 1. The van der Waals surface area contributed by atoms with Gasteiger partial charge in [0.05, 0.1) is 16.6 Å². The summed E-state index contributed by atoms with van der Waals surface area (Å²) in [6.07, 6.45) is 0.735. The fourth-order valence-corrected chi connectivity index (χ4v) is 2.58. The van der Waals surface area contributed by atoms with Crippen LogP contribution in [0.15, 0.2) is 34.3 Å². The molecule has 1 heterocycles. The fraction of sp³-hybridized carbons (Fsp3) is 0.429. The summed E-state index contributed by atoms with van der Waals surface area (Å²) >= 11 is 3.57. The van der Waals surface area contributed by atoms with E-state index in [1.54, 1.807) is 12.1 Å². The Bertz CT molecular complexity index is 534. The largest absolute Gasteiger partial charge is 0.362 e. The smallest absolute Gasteiger partial charge is 0.269 e. The molecule has 0 fully saturated rings. The molecule has 1 aromatic carbocycles. The lowest BCUT2D eigenvalue weighted by atomic mass is 9.93. The number of halogens is 1. The Balaban J connectivity index is 2.27. The number of hydrogen-bond donors (Lipinski definition) is 0. The third-order valence-corrected chi connectivity index (χ3v) is 4.94. The van der Waals surface area contributed by atoms with Gasteiger partial charge in [-0.15, -0.1) is 0 Å². The molecule has 4 nitrogen and oxygen atoms in total. The molecule has 0 amide bonds. The number of nitro groups is 1. The summed E-state index contributed by atoms with van der Waals surface area (Å²) in [6.45, 7) is 6.10. The van der Waals surface area contributed by atoms with E-state index in [0.717, 1.165) is 16.5 Å². The Hall–Kier alpha value is -1.20. The molecule has 0 radical (unpaired) electrons. The molecule has 0 spiro atoms. The second kappa shape index (κ2) is 5.06. The van der Waals surface area contributed by atoms with Crippen molar-refractivity contribution in [3.63, 3.8) is 0 Å². The summed E-state index contributed by atoms with van der Waals surface area (Å²) < 4.78 is 7.15.